The summed E-state index contributed by atoms with van der Waals surface area (Å²) < 4.78 is 5.10. The van der Waals surface area contributed by atoms with Crippen molar-refractivity contribution in [1.29, 1.82) is 0 Å². The van der Waals surface area contributed by atoms with Gasteiger partial charge in [0, 0.05) is 6.54 Å². The number of phenols is 1. The molecule has 1 N–H and O–H groups in total. The Hall–Kier alpha value is -0.970. The summed E-state index contributed by atoms with van der Waals surface area (Å²) in [6, 6.07) is 3.60. The van der Waals surface area contributed by atoms with Gasteiger partial charge in [-0.05, 0) is 58.3 Å². The summed E-state index contributed by atoms with van der Waals surface area (Å²) >= 11 is 5.97. The molecule has 0 aliphatic heterocycles. The Morgan fingerprint density at radius 2 is 1.89 bits per heavy atom. The lowest BCUT2D eigenvalue weighted by Gasteiger charge is -2.19. The maximum atomic E-state index is 9.68. The Morgan fingerprint density at radius 3 is 2.47 bits per heavy atom. The maximum Gasteiger partial charge on any atom is 0.176 e. The minimum atomic E-state index is 0.00294. The quantitative estimate of drug-likeness (QED) is 0.835. The summed E-state index contributed by atoms with van der Waals surface area (Å²) in [6.45, 7) is 2.87. The molecule has 0 heterocycles. The number of hydrogen-bond donors (Lipinski definition) is 1. The van der Waals surface area contributed by atoms with Gasteiger partial charge >= 0.3 is 0 Å². The Morgan fingerprint density at radius 1 is 1.21 bits per heavy atom. The molecule has 0 radical (unpaired) electrons. The van der Waals surface area contributed by atoms with Crippen molar-refractivity contribution in [3.05, 3.63) is 22.7 Å². The first-order chi connectivity index (χ1) is 8.93. The van der Waals surface area contributed by atoms with E-state index in [2.05, 4.69) is 30.9 Å². The van der Waals surface area contributed by atoms with E-state index in [1.165, 1.54) is 7.11 Å². The summed E-state index contributed by atoms with van der Waals surface area (Å²) in [5, 5.41) is 10.0. The average Bonchev–Trinajstić information content (AvgIpc) is 2.33. The predicted octanol–water partition coefficient (Wildman–Crippen LogP) is 2.44. The molecule has 1 aromatic carbocycles. The summed E-state index contributed by atoms with van der Waals surface area (Å²) in [4.78, 5) is 4.40. The molecule has 0 saturated heterocycles. The van der Waals surface area contributed by atoms with E-state index in [1.54, 1.807) is 6.07 Å². The largest absolute Gasteiger partial charge is 0.503 e. The number of benzene rings is 1. The van der Waals surface area contributed by atoms with Crippen LogP contribution in [-0.2, 0) is 6.54 Å². The van der Waals surface area contributed by atoms with E-state index in [4.69, 9.17) is 16.3 Å². The van der Waals surface area contributed by atoms with Crippen molar-refractivity contribution in [3.8, 4) is 11.5 Å². The van der Waals surface area contributed by atoms with Gasteiger partial charge in [0.05, 0.1) is 12.1 Å². The van der Waals surface area contributed by atoms with Gasteiger partial charge in [-0.2, -0.15) is 0 Å². The summed E-state index contributed by atoms with van der Waals surface area (Å²) in [5.74, 6) is 0.423. The van der Waals surface area contributed by atoms with Gasteiger partial charge in [-0.3, -0.25) is 0 Å². The monoisotopic (exact) mass is 286 g/mol. The molecule has 5 heteroatoms. The van der Waals surface area contributed by atoms with Crippen molar-refractivity contribution in [3.63, 3.8) is 0 Å². The second-order valence-corrected chi connectivity index (χ2v) is 5.43. The minimum Gasteiger partial charge on any atom is -0.503 e. The Balaban J connectivity index is 2.59. The third-order valence-electron chi connectivity index (χ3n) is 2.91. The topological polar surface area (TPSA) is 35.9 Å². The van der Waals surface area contributed by atoms with Crippen LogP contribution in [0.15, 0.2) is 12.1 Å². The van der Waals surface area contributed by atoms with Crippen molar-refractivity contribution < 1.29 is 9.84 Å². The van der Waals surface area contributed by atoms with E-state index in [-0.39, 0.29) is 5.75 Å². The number of hydrogen-bond acceptors (Lipinski definition) is 4. The molecule has 108 valence electrons. The molecule has 0 saturated carbocycles. The number of aromatic hydroxyl groups is 1. The number of halogens is 1. The standard InChI is InChI=1S/C14H23ClN2O2/c1-16(2)6-5-7-17(3)10-11-8-12(15)14(18)13(9-11)19-4/h8-9,18H,5-7,10H2,1-4H3. The molecule has 0 bridgehead atoms. The summed E-state index contributed by atoms with van der Waals surface area (Å²) in [6.07, 6.45) is 1.12. The first kappa shape index (κ1) is 16.1. The summed E-state index contributed by atoms with van der Waals surface area (Å²) in [7, 11) is 7.74. The van der Waals surface area contributed by atoms with Crippen LogP contribution in [0.3, 0.4) is 0 Å². The lowest BCUT2D eigenvalue weighted by molar-refractivity contribution is 0.294. The molecular weight excluding hydrogens is 264 g/mol. The maximum absolute atomic E-state index is 9.68. The fourth-order valence-corrected chi connectivity index (χ4v) is 2.15. The van der Waals surface area contributed by atoms with Crippen LogP contribution in [0.25, 0.3) is 0 Å². The molecule has 19 heavy (non-hydrogen) atoms. The van der Waals surface area contributed by atoms with Gasteiger partial charge in [0.15, 0.2) is 11.5 Å². The van der Waals surface area contributed by atoms with Gasteiger partial charge in [-0.1, -0.05) is 11.6 Å². The van der Waals surface area contributed by atoms with Gasteiger partial charge in [0.25, 0.3) is 0 Å². The number of phenolic OH excluding ortho intramolecular Hbond substituents is 1. The van der Waals surface area contributed by atoms with E-state index in [0.29, 0.717) is 10.8 Å². The van der Waals surface area contributed by atoms with Gasteiger partial charge in [-0.25, -0.2) is 0 Å². The SMILES string of the molecule is COc1cc(CN(C)CCCN(C)C)cc(Cl)c1O. The molecule has 0 aliphatic rings. The third kappa shape index (κ3) is 5.27. The van der Waals surface area contributed by atoms with Crippen molar-refractivity contribution >= 4 is 11.6 Å². The zero-order valence-corrected chi connectivity index (χ0v) is 12.9. The minimum absolute atomic E-state index is 0.00294. The van der Waals surface area contributed by atoms with Crippen LogP contribution >= 0.6 is 11.6 Å². The van der Waals surface area contributed by atoms with E-state index in [9.17, 15) is 5.11 Å². The van der Waals surface area contributed by atoms with Crippen LogP contribution < -0.4 is 4.74 Å². The van der Waals surface area contributed by atoms with Gasteiger partial charge in [0.2, 0.25) is 0 Å². The van der Waals surface area contributed by atoms with E-state index in [1.807, 2.05) is 6.07 Å². The second kappa shape index (κ2) is 7.58. The van der Waals surface area contributed by atoms with Crippen LogP contribution in [-0.4, -0.2) is 56.2 Å². The fraction of sp³-hybridized carbons (Fsp3) is 0.571. The smallest absolute Gasteiger partial charge is 0.176 e. The van der Waals surface area contributed by atoms with Crippen LogP contribution in [0, 0.1) is 0 Å². The van der Waals surface area contributed by atoms with Crippen LogP contribution in [0.1, 0.15) is 12.0 Å². The molecule has 0 atom stereocenters. The predicted molar refractivity (Wildman–Crippen MR) is 79.2 cm³/mol. The number of nitrogens with zero attached hydrogens (tertiary/aromatic N) is 2. The molecule has 4 nitrogen and oxygen atoms in total. The highest BCUT2D eigenvalue weighted by molar-refractivity contribution is 6.32. The number of methoxy groups -OCH3 is 1. The molecule has 0 fully saturated rings. The van der Waals surface area contributed by atoms with E-state index >= 15 is 0 Å². The molecule has 0 aliphatic carbocycles. The van der Waals surface area contributed by atoms with Crippen LogP contribution in [0.4, 0.5) is 0 Å². The zero-order valence-electron chi connectivity index (χ0n) is 12.1. The molecule has 0 aromatic heterocycles. The van der Waals surface area contributed by atoms with Gasteiger partial charge in [0.1, 0.15) is 0 Å². The Bertz CT molecular complexity index is 411. The lowest BCUT2D eigenvalue weighted by atomic mass is 10.2. The third-order valence-corrected chi connectivity index (χ3v) is 3.19. The van der Waals surface area contributed by atoms with Crippen LogP contribution in [0.2, 0.25) is 5.02 Å². The lowest BCUT2D eigenvalue weighted by Crippen LogP contribution is -2.23. The Labute approximate surface area is 120 Å². The normalized spacial score (nSPS) is 11.3. The number of ether oxygens (including phenoxy) is 1. The highest BCUT2D eigenvalue weighted by Gasteiger charge is 2.10. The molecule has 1 rings (SSSR count). The second-order valence-electron chi connectivity index (χ2n) is 5.02. The first-order valence-corrected chi connectivity index (χ1v) is 6.70. The molecular formula is C14H23ClN2O2. The summed E-state index contributed by atoms with van der Waals surface area (Å²) in [5.41, 5.74) is 1.03. The highest BCUT2D eigenvalue weighted by Crippen LogP contribution is 2.35. The van der Waals surface area contributed by atoms with Gasteiger partial charge < -0.3 is 19.6 Å². The van der Waals surface area contributed by atoms with E-state index in [0.717, 1.165) is 31.6 Å². The molecule has 0 spiro atoms. The van der Waals surface area contributed by atoms with Crippen molar-refractivity contribution in [1.82, 2.24) is 9.80 Å². The molecule has 0 amide bonds. The van der Waals surface area contributed by atoms with Crippen molar-refractivity contribution in [2.75, 3.05) is 41.3 Å². The fourth-order valence-electron chi connectivity index (χ4n) is 1.92. The van der Waals surface area contributed by atoms with Crippen molar-refractivity contribution in [2.24, 2.45) is 0 Å². The van der Waals surface area contributed by atoms with Crippen LogP contribution in [0.5, 0.6) is 11.5 Å². The Kier molecular flexibility index (Phi) is 6.42. The van der Waals surface area contributed by atoms with Gasteiger partial charge in [-0.15, -0.1) is 0 Å². The average molecular weight is 287 g/mol. The molecule has 1 aromatic rings. The number of rotatable bonds is 7. The van der Waals surface area contributed by atoms with E-state index < -0.39 is 0 Å². The molecule has 0 unspecified atom stereocenters. The highest BCUT2D eigenvalue weighted by atomic mass is 35.5. The first-order valence-electron chi connectivity index (χ1n) is 6.32. The van der Waals surface area contributed by atoms with Crippen molar-refractivity contribution in [2.45, 2.75) is 13.0 Å². The zero-order chi connectivity index (χ0) is 14.4.